The maximum atomic E-state index is 10.9. The normalized spacial score (nSPS) is 11.9. The van der Waals surface area contributed by atoms with Gasteiger partial charge in [-0.15, -0.1) is 0 Å². The molecule has 92 valence electrons. The molecular weight excluding hydrogens is 355 g/mol. The Hall–Kier alpha value is 1.03. The minimum atomic E-state index is -2.74. The van der Waals surface area contributed by atoms with Crippen LogP contribution in [0, 0.1) is 0 Å². The van der Waals surface area contributed by atoms with E-state index in [2.05, 4.69) is 31.0 Å². The summed E-state index contributed by atoms with van der Waals surface area (Å²) in [4.78, 5) is 0. The van der Waals surface area contributed by atoms with Crippen LogP contribution in [-0.2, 0) is 23.3 Å². The zero-order valence-electron chi connectivity index (χ0n) is 8.49. The molecule has 0 N–H and O–H groups in total. The first-order valence-electron chi connectivity index (χ1n) is 4.34. The van der Waals surface area contributed by atoms with Crippen LogP contribution in [-0.4, -0.2) is 46.8 Å². The van der Waals surface area contributed by atoms with Gasteiger partial charge in [-0.3, -0.25) is 4.57 Å². The minimum Gasteiger partial charge on any atom is -0.382 e. The molecule has 0 aliphatic rings. The Balaban J connectivity index is 3.02. The van der Waals surface area contributed by atoms with Gasteiger partial charge in [0, 0.05) is 38.1 Å². The van der Waals surface area contributed by atoms with Crippen molar-refractivity contribution in [2.45, 2.75) is 0 Å². The molecule has 0 radical (unpaired) electrons. The number of ether oxygens (including phenoxy) is 3. The zero-order chi connectivity index (χ0) is 11.6. The monoisotopic (exact) mass is 368 g/mol. The lowest BCUT2D eigenvalue weighted by atomic mass is 10.7. The molecule has 0 fully saturated rings. The van der Waals surface area contributed by atoms with Crippen LogP contribution in [0.5, 0.6) is 0 Å². The summed E-state index contributed by atoms with van der Waals surface area (Å²) in [5, 5.41) is 0. The Morgan fingerprint density at radius 2 is 1.40 bits per heavy atom. The summed E-state index contributed by atoms with van der Waals surface area (Å²) < 4.78 is 28.2. The van der Waals surface area contributed by atoms with Crippen LogP contribution in [0.1, 0.15) is 0 Å². The molecule has 0 amide bonds. The van der Waals surface area contributed by atoms with E-state index in [0.717, 1.165) is 0 Å². The zero-order valence-corrected chi connectivity index (χ0v) is 12.6. The molecular formula is C7H15Br2O5P. The lowest BCUT2D eigenvalue weighted by Crippen LogP contribution is -2.10. The van der Waals surface area contributed by atoms with E-state index in [-0.39, 0.29) is 6.61 Å². The molecule has 0 atom stereocenters. The molecule has 0 saturated carbocycles. The number of hydrogen-bond donors (Lipinski definition) is 0. The predicted molar refractivity (Wildman–Crippen MR) is 64.9 cm³/mol. The highest BCUT2D eigenvalue weighted by Gasteiger charge is 2.11. The summed E-state index contributed by atoms with van der Waals surface area (Å²) in [5.74, 6) is 0. The summed E-state index contributed by atoms with van der Waals surface area (Å²) >= 11 is 5.69. The van der Waals surface area contributed by atoms with E-state index < -0.39 is 4.77 Å². The second kappa shape index (κ2) is 10.2. The fourth-order valence-corrected chi connectivity index (χ4v) is 1.82. The average Bonchev–Trinajstić information content (AvgIpc) is 2.14. The molecule has 0 rings (SSSR count). The smallest absolute Gasteiger partial charge is 0.328 e. The lowest BCUT2D eigenvalue weighted by molar-refractivity contribution is 0.0187. The van der Waals surface area contributed by atoms with Crippen molar-refractivity contribution in [1.29, 1.82) is 0 Å². The van der Waals surface area contributed by atoms with Crippen LogP contribution in [0.2, 0.25) is 0 Å². The van der Waals surface area contributed by atoms with Gasteiger partial charge in [0.05, 0.1) is 39.6 Å². The summed E-state index contributed by atoms with van der Waals surface area (Å²) in [6, 6.07) is 0. The molecule has 0 unspecified atom stereocenters. The molecule has 15 heavy (non-hydrogen) atoms. The van der Waals surface area contributed by atoms with Crippen LogP contribution in [0.15, 0.2) is 0 Å². The van der Waals surface area contributed by atoms with E-state index in [4.69, 9.17) is 18.7 Å². The molecule has 8 heteroatoms. The van der Waals surface area contributed by atoms with Crippen molar-refractivity contribution in [1.82, 2.24) is 0 Å². The molecule has 0 saturated heterocycles. The van der Waals surface area contributed by atoms with Gasteiger partial charge in [0.1, 0.15) is 0 Å². The van der Waals surface area contributed by atoms with E-state index >= 15 is 0 Å². The molecule has 0 aliphatic carbocycles. The van der Waals surface area contributed by atoms with Gasteiger partial charge in [-0.2, -0.15) is 0 Å². The number of halogens is 2. The SMILES string of the molecule is COCCOCCOCCOP(=O)(Br)Br. The Morgan fingerprint density at radius 3 is 1.87 bits per heavy atom. The molecule has 0 spiro atoms. The number of methoxy groups -OCH3 is 1. The third-order valence-electron chi connectivity index (χ3n) is 1.27. The van der Waals surface area contributed by atoms with Crippen molar-refractivity contribution < 1.29 is 23.3 Å². The van der Waals surface area contributed by atoms with E-state index in [1.165, 1.54) is 0 Å². The van der Waals surface area contributed by atoms with Gasteiger partial charge in [0.2, 0.25) is 0 Å². The fourth-order valence-electron chi connectivity index (χ4n) is 0.667. The molecule has 5 nitrogen and oxygen atoms in total. The number of hydrogen-bond acceptors (Lipinski definition) is 5. The summed E-state index contributed by atoms with van der Waals surface area (Å²) in [6.45, 7) is 2.81. The Labute approximate surface area is 106 Å². The molecule has 0 aliphatic heterocycles. The third kappa shape index (κ3) is 15.0. The van der Waals surface area contributed by atoms with Gasteiger partial charge < -0.3 is 18.7 Å². The fraction of sp³-hybridized carbons (Fsp3) is 1.00. The summed E-state index contributed by atoms with van der Waals surface area (Å²) in [7, 11) is 1.62. The average molecular weight is 370 g/mol. The van der Waals surface area contributed by atoms with Gasteiger partial charge in [0.25, 0.3) is 0 Å². The number of rotatable bonds is 10. The topological polar surface area (TPSA) is 54.0 Å². The maximum Gasteiger partial charge on any atom is 0.328 e. The standard InChI is InChI=1S/C7H15Br2O5P/c1-11-2-3-12-4-5-13-6-7-14-15(8,9)10/h2-7H2,1H3. The largest absolute Gasteiger partial charge is 0.382 e. The lowest BCUT2D eigenvalue weighted by Gasteiger charge is -2.06. The first-order valence-corrected chi connectivity index (χ1v) is 10.0. The van der Waals surface area contributed by atoms with Crippen molar-refractivity contribution in [3.63, 3.8) is 0 Å². The van der Waals surface area contributed by atoms with Crippen molar-refractivity contribution in [3.05, 3.63) is 0 Å². The van der Waals surface area contributed by atoms with Crippen LogP contribution in [0.25, 0.3) is 0 Å². The second-order valence-electron chi connectivity index (χ2n) is 2.47. The predicted octanol–water partition coefficient (Wildman–Crippen LogP) is 2.58. The van der Waals surface area contributed by atoms with Gasteiger partial charge in [-0.1, -0.05) is 0 Å². The van der Waals surface area contributed by atoms with Gasteiger partial charge in [-0.25, -0.2) is 0 Å². The first kappa shape index (κ1) is 16.0. The third-order valence-corrected chi connectivity index (χ3v) is 2.98. The Bertz CT molecular complexity index is 186. The quantitative estimate of drug-likeness (QED) is 0.437. The highest BCUT2D eigenvalue weighted by atomic mass is 79.9. The summed E-state index contributed by atoms with van der Waals surface area (Å²) in [6.07, 6.45) is 0. The Morgan fingerprint density at radius 1 is 0.933 bits per heavy atom. The van der Waals surface area contributed by atoms with Crippen LogP contribution in [0.3, 0.4) is 0 Å². The van der Waals surface area contributed by atoms with Crippen LogP contribution >= 0.6 is 35.8 Å². The van der Waals surface area contributed by atoms with E-state index in [1.54, 1.807) is 7.11 Å². The Kier molecular flexibility index (Phi) is 10.9. The van der Waals surface area contributed by atoms with Crippen molar-refractivity contribution in [2.75, 3.05) is 46.8 Å². The second-order valence-corrected chi connectivity index (χ2v) is 12.0. The highest BCUT2D eigenvalue weighted by Crippen LogP contribution is 2.62. The van der Waals surface area contributed by atoms with E-state index in [1.807, 2.05) is 0 Å². The molecule has 0 aromatic rings. The molecule has 0 bridgehead atoms. The molecule has 0 aromatic carbocycles. The summed E-state index contributed by atoms with van der Waals surface area (Å²) in [5.41, 5.74) is 0. The minimum absolute atomic E-state index is 0.270. The first-order chi connectivity index (χ1) is 7.06. The van der Waals surface area contributed by atoms with Crippen molar-refractivity contribution in [3.8, 4) is 0 Å². The van der Waals surface area contributed by atoms with Crippen molar-refractivity contribution in [2.24, 2.45) is 0 Å². The highest BCUT2D eigenvalue weighted by molar-refractivity contribution is 9.70. The maximum absolute atomic E-state index is 10.9. The van der Waals surface area contributed by atoms with Gasteiger partial charge in [-0.05, 0) is 0 Å². The van der Waals surface area contributed by atoms with Gasteiger partial charge in [0.15, 0.2) is 0 Å². The van der Waals surface area contributed by atoms with Crippen LogP contribution < -0.4 is 0 Å². The van der Waals surface area contributed by atoms with Gasteiger partial charge >= 0.3 is 4.77 Å². The van der Waals surface area contributed by atoms with Crippen LogP contribution in [0.4, 0.5) is 0 Å². The molecule has 0 heterocycles. The van der Waals surface area contributed by atoms with E-state index in [0.29, 0.717) is 33.0 Å². The molecule has 0 aromatic heterocycles. The van der Waals surface area contributed by atoms with E-state index in [9.17, 15) is 4.57 Å². The van der Waals surface area contributed by atoms with Crippen molar-refractivity contribution >= 4 is 35.8 Å².